The fourth-order valence-corrected chi connectivity index (χ4v) is 6.41. The number of cyclic esters (lactones) is 1. The van der Waals surface area contributed by atoms with Crippen LogP contribution in [-0.4, -0.2) is 40.4 Å². The average molecular weight is 563 g/mol. The fourth-order valence-electron chi connectivity index (χ4n) is 5.06. The van der Waals surface area contributed by atoms with Crippen LogP contribution in [0.1, 0.15) is 61.4 Å². The van der Waals surface area contributed by atoms with E-state index in [1.807, 2.05) is 61.5 Å². The minimum atomic E-state index is -1.10. The number of Topliss-reactive ketones (excluding diaryl/α,β-unsaturated/α-hetero) is 1. The summed E-state index contributed by atoms with van der Waals surface area (Å²) < 4.78 is 11.8. The zero-order chi connectivity index (χ0) is 28.9. The molecule has 4 rings (SSSR count). The first-order valence-corrected chi connectivity index (χ1v) is 14.5. The van der Waals surface area contributed by atoms with Crippen molar-refractivity contribution in [3.05, 3.63) is 94.5 Å². The van der Waals surface area contributed by atoms with Crippen molar-refractivity contribution in [1.82, 2.24) is 0 Å². The Kier molecular flexibility index (Phi) is 9.39. The minimum absolute atomic E-state index is 0.0681. The largest absolute Gasteiger partial charge is 0.491 e. The number of rotatable bonds is 10. The number of carbonyl (C=O) groups is 2. The summed E-state index contributed by atoms with van der Waals surface area (Å²) in [7, 11) is 0. The molecule has 40 heavy (non-hydrogen) atoms. The summed E-state index contributed by atoms with van der Waals surface area (Å²) in [6.07, 6.45) is 1.16. The Morgan fingerprint density at radius 1 is 1.02 bits per heavy atom. The lowest BCUT2D eigenvalue weighted by Crippen LogP contribution is -2.47. The Morgan fingerprint density at radius 2 is 1.73 bits per heavy atom. The number of hydrogen-bond acceptors (Lipinski definition) is 7. The zero-order valence-electron chi connectivity index (χ0n) is 23.6. The number of hydrogen-bond donors (Lipinski definition) is 2. The third kappa shape index (κ3) is 6.77. The van der Waals surface area contributed by atoms with Gasteiger partial charge in [-0.25, -0.2) is 0 Å². The van der Waals surface area contributed by atoms with E-state index >= 15 is 0 Å². The molecule has 2 unspecified atom stereocenters. The highest BCUT2D eigenvalue weighted by Gasteiger charge is 2.48. The van der Waals surface area contributed by atoms with Gasteiger partial charge in [0.2, 0.25) is 0 Å². The predicted molar refractivity (Wildman–Crippen MR) is 157 cm³/mol. The van der Waals surface area contributed by atoms with E-state index in [0.29, 0.717) is 18.6 Å². The van der Waals surface area contributed by atoms with E-state index in [9.17, 15) is 14.7 Å². The fraction of sp³-hybridized carbons (Fsp3) is 0.394. The molecule has 1 saturated heterocycles. The van der Waals surface area contributed by atoms with Crippen molar-refractivity contribution in [2.24, 2.45) is 0 Å². The SMILES string of the molecule is Cc1cc(SC2C(=O)CC(CCc3ccccc3)(c3ccc(OCCO)cc3)OC2=O)c(C(C)(C)C)cc1CO. The molecule has 0 bridgehead atoms. The lowest BCUT2D eigenvalue weighted by atomic mass is 9.81. The van der Waals surface area contributed by atoms with E-state index in [4.69, 9.17) is 14.6 Å². The van der Waals surface area contributed by atoms with Gasteiger partial charge in [-0.15, -0.1) is 11.8 Å². The van der Waals surface area contributed by atoms with Gasteiger partial charge in [-0.2, -0.15) is 0 Å². The average Bonchev–Trinajstić information content (AvgIpc) is 2.93. The van der Waals surface area contributed by atoms with Crippen molar-refractivity contribution < 1.29 is 29.3 Å². The van der Waals surface area contributed by atoms with Gasteiger partial charge in [0.05, 0.1) is 19.6 Å². The molecule has 0 aliphatic carbocycles. The number of thioether (sulfide) groups is 1. The monoisotopic (exact) mass is 562 g/mol. The number of aliphatic hydroxyl groups excluding tert-OH is 2. The topological polar surface area (TPSA) is 93.1 Å². The quantitative estimate of drug-likeness (QED) is 0.243. The number of esters is 1. The maximum atomic E-state index is 13.8. The first kappa shape index (κ1) is 29.8. The molecular formula is C33H38O6S. The lowest BCUT2D eigenvalue weighted by Gasteiger charge is -2.39. The summed E-state index contributed by atoms with van der Waals surface area (Å²) in [4.78, 5) is 28.2. The highest BCUT2D eigenvalue weighted by Crippen LogP contribution is 2.44. The summed E-state index contributed by atoms with van der Waals surface area (Å²) >= 11 is 1.24. The molecule has 1 aliphatic rings. The molecule has 0 aromatic heterocycles. The second kappa shape index (κ2) is 12.6. The van der Waals surface area contributed by atoms with Crippen LogP contribution in [0.4, 0.5) is 0 Å². The van der Waals surface area contributed by atoms with Crippen LogP contribution in [0, 0.1) is 6.92 Å². The molecule has 0 amide bonds. The Labute approximate surface area is 240 Å². The minimum Gasteiger partial charge on any atom is -0.491 e. The van der Waals surface area contributed by atoms with Crippen LogP contribution in [0.15, 0.2) is 71.6 Å². The van der Waals surface area contributed by atoms with Crippen LogP contribution in [0.5, 0.6) is 5.75 Å². The van der Waals surface area contributed by atoms with Gasteiger partial charge in [0.25, 0.3) is 0 Å². The van der Waals surface area contributed by atoms with Gasteiger partial charge >= 0.3 is 5.97 Å². The second-order valence-electron chi connectivity index (χ2n) is 11.3. The second-order valence-corrected chi connectivity index (χ2v) is 12.5. The maximum Gasteiger partial charge on any atom is 0.327 e. The number of aryl methyl sites for hydroxylation is 2. The summed E-state index contributed by atoms with van der Waals surface area (Å²) in [5.41, 5.74) is 3.21. The molecule has 3 aromatic carbocycles. The number of benzene rings is 3. The van der Waals surface area contributed by atoms with Gasteiger partial charge in [-0.3, -0.25) is 9.59 Å². The summed E-state index contributed by atoms with van der Waals surface area (Å²) in [5, 5.41) is 17.9. The molecule has 2 N–H and O–H groups in total. The lowest BCUT2D eigenvalue weighted by molar-refractivity contribution is -0.171. The first-order valence-electron chi connectivity index (χ1n) is 13.6. The third-order valence-corrected chi connectivity index (χ3v) is 8.61. The van der Waals surface area contributed by atoms with Gasteiger partial charge in [-0.05, 0) is 71.2 Å². The standard InChI is InChI=1S/C33H38O6S/c1-22-18-29(27(32(2,3)4)19-24(22)21-35)40-30-28(36)20-33(39-31(30)37,15-14-23-8-6-5-7-9-23)25-10-12-26(13-11-25)38-17-16-34/h5-13,18-19,30,34-35H,14-17,20-21H2,1-4H3. The molecule has 0 radical (unpaired) electrons. The van der Waals surface area contributed by atoms with Crippen LogP contribution in [0.2, 0.25) is 0 Å². The molecule has 7 heteroatoms. The van der Waals surface area contributed by atoms with Gasteiger partial charge in [0.15, 0.2) is 11.0 Å². The molecule has 1 aliphatic heterocycles. The zero-order valence-corrected chi connectivity index (χ0v) is 24.4. The highest BCUT2D eigenvalue weighted by atomic mass is 32.2. The van der Waals surface area contributed by atoms with Crippen LogP contribution >= 0.6 is 11.8 Å². The molecule has 0 saturated carbocycles. The number of aliphatic hydroxyl groups is 2. The molecule has 1 fully saturated rings. The molecule has 212 valence electrons. The Morgan fingerprint density at radius 3 is 2.33 bits per heavy atom. The smallest absolute Gasteiger partial charge is 0.327 e. The van der Waals surface area contributed by atoms with E-state index in [0.717, 1.165) is 32.7 Å². The Hall–Kier alpha value is -3.13. The molecule has 2 atom stereocenters. The molecule has 3 aromatic rings. The molecule has 0 spiro atoms. The van der Waals surface area contributed by atoms with Gasteiger partial charge in [0.1, 0.15) is 18.0 Å². The van der Waals surface area contributed by atoms with Gasteiger partial charge in [-0.1, -0.05) is 69.3 Å². The van der Waals surface area contributed by atoms with Crippen molar-refractivity contribution in [2.45, 2.75) is 74.7 Å². The highest BCUT2D eigenvalue weighted by molar-refractivity contribution is 8.01. The molecule has 6 nitrogen and oxygen atoms in total. The Bertz CT molecular complexity index is 1310. The van der Waals surface area contributed by atoms with Crippen LogP contribution in [0.25, 0.3) is 0 Å². The van der Waals surface area contributed by atoms with E-state index in [-0.39, 0.29) is 37.4 Å². The Balaban J connectivity index is 1.64. The summed E-state index contributed by atoms with van der Waals surface area (Å²) in [5.74, 6) is -0.119. The summed E-state index contributed by atoms with van der Waals surface area (Å²) in [6.45, 7) is 8.17. The predicted octanol–water partition coefficient (Wildman–Crippen LogP) is 5.66. The van der Waals surface area contributed by atoms with E-state index in [1.54, 1.807) is 12.1 Å². The maximum absolute atomic E-state index is 13.8. The molecule has 1 heterocycles. The van der Waals surface area contributed by atoms with E-state index < -0.39 is 16.8 Å². The van der Waals surface area contributed by atoms with Crippen LogP contribution in [0.3, 0.4) is 0 Å². The van der Waals surface area contributed by atoms with E-state index in [2.05, 4.69) is 20.8 Å². The first-order chi connectivity index (χ1) is 19.1. The van der Waals surface area contributed by atoms with Gasteiger partial charge in [0, 0.05) is 4.90 Å². The molecular weight excluding hydrogens is 524 g/mol. The number of carbonyl (C=O) groups excluding carboxylic acids is 2. The van der Waals surface area contributed by atoms with Crippen molar-refractivity contribution >= 4 is 23.5 Å². The van der Waals surface area contributed by atoms with Gasteiger partial charge < -0.3 is 19.7 Å². The number of ketones is 1. The summed E-state index contributed by atoms with van der Waals surface area (Å²) in [6, 6.07) is 21.1. The third-order valence-electron chi connectivity index (χ3n) is 7.32. The van der Waals surface area contributed by atoms with Crippen molar-refractivity contribution in [2.75, 3.05) is 13.2 Å². The van der Waals surface area contributed by atoms with E-state index in [1.165, 1.54) is 11.8 Å². The van der Waals surface area contributed by atoms with Crippen LogP contribution in [-0.2, 0) is 38.4 Å². The van der Waals surface area contributed by atoms with Crippen molar-refractivity contribution in [3.8, 4) is 5.75 Å². The normalized spacial score (nSPS) is 19.4. The van der Waals surface area contributed by atoms with Crippen molar-refractivity contribution in [3.63, 3.8) is 0 Å². The van der Waals surface area contributed by atoms with Crippen molar-refractivity contribution in [1.29, 1.82) is 0 Å². The number of ether oxygens (including phenoxy) is 2. The van der Waals surface area contributed by atoms with Crippen LogP contribution < -0.4 is 4.74 Å².